The highest BCUT2D eigenvalue weighted by Crippen LogP contribution is 2.19. The molecule has 1 rings (SSSR count). The van der Waals surface area contributed by atoms with Crippen LogP contribution in [0.3, 0.4) is 0 Å². The third-order valence-corrected chi connectivity index (χ3v) is 2.24. The number of benzene rings is 1. The van der Waals surface area contributed by atoms with E-state index >= 15 is 0 Å². The van der Waals surface area contributed by atoms with Crippen LogP contribution in [0.1, 0.15) is 20.8 Å². The van der Waals surface area contributed by atoms with Crippen LogP contribution < -0.4 is 9.47 Å². The van der Waals surface area contributed by atoms with Crippen molar-refractivity contribution in [1.29, 1.82) is 0 Å². The summed E-state index contributed by atoms with van der Waals surface area (Å²) in [5.74, 6) is 4.04. The summed E-state index contributed by atoms with van der Waals surface area (Å²) in [4.78, 5) is 0. The molecular formula is C14H18O3. The van der Waals surface area contributed by atoms with Gasteiger partial charge in [0.15, 0.2) is 0 Å². The SMILES string of the molecule is COc1ccc(OC#CC(O)C(C)(C)C)cc1. The number of aliphatic hydroxyl groups excluding tert-OH is 1. The molecule has 0 saturated carbocycles. The number of methoxy groups -OCH3 is 1. The minimum Gasteiger partial charge on any atom is -0.497 e. The van der Waals surface area contributed by atoms with Gasteiger partial charge in [-0.25, -0.2) is 0 Å². The Hall–Kier alpha value is -1.66. The fraction of sp³-hybridized carbons (Fsp3) is 0.429. The summed E-state index contributed by atoms with van der Waals surface area (Å²) in [7, 11) is 1.61. The number of hydrogen-bond acceptors (Lipinski definition) is 3. The third kappa shape index (κ3) is 4.38. The van der Waals surface area contributed by atoms with Crippen molar-refractivity contribution in [2.45, 2.75) is 26.9 Å². The fourth-order valence-electron chi connectivity index (χ4n) is 1.00. The lowest BCUT2D eigenvalue weighted by Gasteiger charge is -2.20. The number of hydrogen-bond donors (Lipinski definition) is 1. The monoisotopic (exact) mass is 234 g/mol. The lowest BCUT2D eigenvalue weighted by atomic mass is 9.90. The third-order valence-electron chi connectivity index (χ3n) is 2.24. The minimum absolute atomic E-state index is 0.268. The number of rotatable bonds is 2. The summed E-state index contributed by atoms with van der Waals surface area (Å²) < 4.78 is 10.2. The van der Waals surface area contributed by atoms with E-state index in [0.717, 1.165) is 5.75 Å². The molecule has 1 unspecified atom stereocenters. The molecule has 0 heterocycles. The largest absolute Gasteiger partial charge is 0.497 e. The molecular weight excluding hydrogens is 216 g/mol. The van der Waals surface area contributed by atoms with Gasteiger partial charge in [-0.05, 0) is 35.6 Å². The highest BCUT2D eigenvalue weighted by atomic mass is 16.5. The molecule has 0 aliphatic heterocycles. The highest BCUT2D eigenvalue weighted by molar-refractivity contribution is 5.32. The lowest BCUT2D eigenvalue weighted by Crippen LogP contribution is -2.24. The van der Waals surface area contributed by atoms with E-state index in [0.29, 0.717) is 5.75 Å². The molecule has 0 amide bonds. The summed E-state index contributed by atoms with van der Waals surface area (Å²) in [5, 5.41) is 9.67. The first-order valence-electron chi connectivity index (χ1n) is 5.43. The van der Waals surface area contributed by atoms with Gasteiger partial charge in [0.2, 0.25) is 0 Å². The molecule has 0 bridgehead atoms. The Morgan fingerprint density at radius 1 is 1.12 bits per heavy atom. The average molecular weight is 234 g/mol. The summed E-state index contributed by atoms with van der Waals surface area (Å²) in [6, 6.07) is 7.10. The van der Waals surface area contributed by atoms with Gasteiger partial charge in [0.25, 0.3) is 0 Å². The van der Waals surface area contributed by atoms with Gasteiger partial charge in [0.1, 0.15) is 23.7 Å². The van der Waals surface area contributed by atoms with Gasteiger partial charge in [-0.1, -0.05) is 20.8 Å². The van der Waals surface area contributed by atoms with Gasteiger partial charge >= 0.3 is 0 Å². The van der Waals surface area contributed by atoms with Crippen LogP contribution in [0, 0.1) is 17.4 Å². The molecule has 0 saturated heterocycles. The quantitative estimate of drug-likeness (QED) is 0.799. The second-order valence-corrected chi connectivity index (χ2v) is 4.79. The maximum Gasteiger partial charge on any atom is 0.140 e. The van der Waals surface area contributed by atoms with Crippen molar-refractivity contribution < 1.29 is 14.6 Å². The molecule has 17 heavy (non-hydrogen) atoms. The summed E-state index contributed by atoms with van der Waals surface area (Å²) in [6.07, 6.45) is 1.80. The predicted octanol–water partition coefficient (Wildman–Crippen LogP) is 2.44. The van der Waals surface area contributed by atoms with E-state index in [1.165, 1.54) is 0 Å². The molecule has 0 spiro atoms. The zero-order valence-corrected chi connectivity index (χ0v) is 10.7. The van der Waals surface area contributed by atoms with Gasteiger partial charge in [-0.15, -0.1) is 0 Å². The summed E-state index contributed by atoms with van der Waals surface area (Å²) >= 11 is 0. The van der Waals surface area contributed by atoms with Crippen LogP contribution in [0.5, 0.6) is 11.5 Å². The van der Waals surface area contributed by atoms with Crippen molar-refractivity contribution in [1.82, 2.24) is 0 Å². The molecule has 1 aromatic carbocycles. The smallest absolute Gasteiger partial charge is 0.140 e. The van der Waals surface area contributed by atoms with Crippen LogP contribution in [0.15, 0.2) is 24.3 Å². The van der Waals surface area contributed by atoms with Gasteiger partial charge in [0.05, 0.1) is 7.11 Å². The predicted molar refractivity (Wildman–Crippen MR) is 66.9 cm³/mol. The molecule has 1 aromatic rings. The zero-order chi connectivity index (χ0) is 12.9. The van der Waals surface area contributed by atoms with E-state index in [-0.39, 0.29) is 5.41 Å². The standard InChI is InChI=1S/C14H18O3/c1-14(2,3)13(15)9-10-17-12-7-5-11(16-4)6-8-12/h5-8,13,15H,1-4H3. The Morgan fingerprint density at radius 3 is 2.12 bits per heavy atom. The summed E-state index contributed by atoms with van der Waals surface area (Å²) in [5.41, 5.74) is -0.268. The van der Waals surface area contributed by atoms with Crippen LogP contribution in [0.25, 0.3) is 0 Å². The Balaban J connectivity index is 2.58. The van der Waals surface area contributed by atoms with Crippen LogP contribution in [-0.4, -0.2) is 18.3 Å². The summed E-state index contributed by atoms with van der Waals surface area (Å²) in [6.45, 7) is 5.75. The fourth-order valence-corrected chi connectivity index (χ4v) is 1.00. The molecule has 1 N–H and O–H groups in total. The first-order chi connectivity index (χ1) is 7.93. The van der Waals surface area contributed by atoms with E-state index in [9.17, 15) is 5.11 Å². The Morgan fingerprint density at radius 2 is 1.65 bits per heavy atom. The van der Waals surface area contributed by atoms with E-state index < -0.39 is 6.10 Å². The van der Waals surface area contributed by atoms with Crippen LogP contribution in [0.4, 0.5) is 0 Å². The molecule has 1 atom stereocenters. The van der Waals surface area contributed by atoms with E-state index in [4.69, 9.17) is 9.47 Å². The molecule has 0 aliphatic carbocycles. The lowest BCUT2D eigenvalue weighted by molar-refractivity contribution is 0.113. The van der Waals surface area contributed by atoms with Gasteiger partial charge in [0, 0.05) is 0 Å². The van der Waals surface area contributed by atoms with Crippen molar-refractivity contribution in [2.75, 3.05) is 7.11 Å². The van der Waals surface area contributed by atoms with E-state index in [2.05, 4.69) is 12.0 Å². The molecule has 0 radical (unpaired) electrons. The Labute approximate surface area is 102 Å². The van der Waals surface area contributed by atoms with Crippen molar-refractivity contribution in [3.63, 3.8) is 0 Å². The Kier molecular flexibility index (Phi) is 4.42. The molecule has 0 aromatic heterocycles. The normalized spacial score (nSPS) is 12.3. The molecule has 3 nitrogen and oxygen atoms in total. The van der Waals surface area contributed by atoms with Gasteiger partial charge in [-0.2, -0.15) is 0 Å². The van der Waals surface area contributed by atoms with Crippen LogP contribution in [0.2, 0.25) is 0 Å². The molecule has 0 fully saturated rings. The van der Waals surface area contributed by atoms with E-state index in [1.54, 1.807) is 31.4 Å². The maximum absolute atomic E-state index is 9.67. The average Bonchev–Trinajstić information content (AvgIpc) is 2.28. The van der Waals surface area contributed by atoms with Crippen molar-refractivity contribution in [2.24, 2.45) is 5.41 Å². The van der Waals surface area contributed by atoms with Crippen molar-refractivity contribution in [3.05, 3.63) is 24.3 Å². The highest BCUT2D eigenvalue weighted by Gasteiger charge is 2.19. The first kappa shape index (κ1) is 13.4. The van der Waals surface area contributed by atoms with Gasteiger partial charge in [-0.3, -0.25) is 0 Å². The molecule has 92 valence electrons. The van der Waals surface area contributed by atoms with Crippen molar-refractivity contribution in [3.8, 4) is 23.5 Å². The zero-order valence-electron chi connectivity index (χ0n) is 10.7. The Bertz CT molecular complexity index is 404. The second kappa shape index (κ2) is 5.60. The van der Waals surface area contributed by atoms with Gasteiger partial charge < -0.3 is 14.6 Å². The van der Waals surface area contributed by atoms with Crippen LogP contribution in [-0.2, 0) is 0 Å². The van der Waals surface area contributed by atoms with E-state index in [1.807, 2.05) is 20.8 Å². The topological polar surface area (TPSA) is 38.7 Å². The molecule has 0 aliphatic rings. The molecule has 3 heteroatoms. The maximum atomic E-state index is 9.67. The number of aliphatic hydroxyl groups is 1. The second-order valence-electron chi connectivity index (χ2n) is 4.79. The number of ether oxygens (including phenoxy) is 2. The minimum atomic E-state index is -0.708. The first-order valence-corrected chi connectivity index (χ1v) is 5.43. The van der Waals surface area contributed by atoms with Crippen LogP contribution >= 0.6 is 0 Å². The van der Waals surface area contributed by atoms with Crippen molar-refractivity contribution >= 4 is 0 Å².